The molecule has 3 aromatic rings. The fourth-order valence-electron chi connectivity index (χ4n) is 3.61. The van der Waals surface area contributed by atoms with Crippen LogP contribution < -0.4 is 10.1 Å². The van der Waals surface area contributed by atoms with E-state index in [1.807, 2.05) is 0 Å². The molecule has 1 aliphatic heterocycles. The summed E-state index contributed by atoms with van der Waals surface area (Å²) < 4.78 is 15.6. The van der Waals surface area contributed by atoms with Crippen molar-refractivity contribution >= 4 is 35.6 Å². The Morgan fingerprint density at radius 1 is 1.16 bits per heavy atom. The second-order valence-electron chi connectivity index (χ2n) is 7.88. The van der Waals surface area contributed by atoms with Crippen LogP contribution in [0.4, 0.5) is 10.5 Å². The predicted octanol–water partition coefficient (Wildman–Crippen LogP) is 3.34. The number of hydrogen-bond acceptors (Lipinski definition) is 9. The number of rotatable bonds is 9. The molecule has 2 aromatic carbocycles. The Labute approximate surface area is 214 Å². The van der Waals surface area contributed by atoms with Crippen LogP contribution in [0.3, 0.4) is 0 Å². The minimum atomic E-state index is -1.14. The van der Waals surface area contributed by atoms with Gasteiger partial charge in [-0.1, -0.05) is 24.3 Å². The Balaban J connectivity index is 1.59. The summed E-state index contributed by atoms with van der Waals surface area (Å²) in [6.45, 7) is -0.479. The molecular weight excluding hydrogens is 502 g/mol. The van der Waals surface area contributed by atoms with Gasteiger partial charge in [-0.3, -0.25) is 19.8 Å². The maximum Gasteiger partial charge on any atom is 0.373 e. The van der Waals surface area contributed by atoms with Gasteiger partial charge in [-0.2, -0.15) is 0 Å². The highest BCUT2D eigenvalue weighted by atomic mass is 16.6. The number of benzene rings is 2. The molecule has 0 radical (unpaired) electrons. The quantitative estimate of drug-likeness (QED) is 0.139. The third-order valence-electron chi connectivity index (χ3n) is 5.40. The highest BCUT2D eigenvalue weighted by Crippen LogP contribution is 2.34. The molecule has 3 amide bonds. The first-order valence-corrected chi connectivity index (χ1v) is 10.9. The van der Waals surface area contributed by atoms with Crippen molar-refractivity contribution in [3.05, 3.63) is 98.6 Å². The van der Waals surface area contributed by atoms with Crippen LogP contribution in [0.1, 0.15) is 37.8 Å². The van der Waals surface area contributed by atoms with Gasteiger partial charge < -0.3 is 24.3 Å². The van der Waals surface area contributed by atoms with Gasteiger partial charge in [0, 0.05) is 11.6 Å². The molecule has 1 aromatic heterocycles. The number of ether oxygens (including phenoxy) is 2. The average Bonchev–Trinajstić information content (AvgIpc) is 3.47. The zero-order valence-corrected chi connectivity index (χ0v) is 19.7. The molecule has 13 nitrogen and oxygen atoms in total. The Bertz CT molecular complexity index is 1490. The van der Waals surface area contributed by atoms with E-state index in [0.29, 0.717) is 5.56 Å². The fraction of sp³-hybridized carbons (Fsp3) is 0.120. The van der Waals surface area contributed by atoms with E-state index in [-0.39, 0.29) is 47.2 Å². The molecule has 0 saturated carbocycles. The van der Waals surface area contributed by atoms with Crippen LogP contribution in [0.2, 0.25) is 0 Å². The summed E-state index contributed by atoms with van der Waals surface area (Å²) in [5, 5.41) is 23.2. The first-order chi connectivity index (χ1) is 18.2. The standard InChI is InChI=1S/C25H19N3O10/c1-36-24(32)20-9-8-17(38-20)12-27-22(29)18(26-25(27)33)11-15-5-3-7-19(28(34)35)21(15)37-13-14-4-2-6-16(10-14)23(30)31/h2-11H,12-13H2,1H3,(H,26,33)(H,30,31)/b18-11-. The van der Waals surface area contributed by atoms with E-state index < -0.39 is 34.5 Å². The van der Waals surface area contributed by atoms with Crippen molar-refractivity contribution in [3.8, 4) is 5.75 Å². The molecule has 2 heterocycles. The Hall–Kier alpha value is -5.46. The zero-order valence-electron chi connectivity index (χ0n) is 19.7. The molecule has 38 heavy (non-hydrogen) atoms. The third-order valence-corrected chi connectivity index (χ3v) is 5.40. The molecule has 0 atom stereocenters. The minimum Gasteiger partial charge on any atom is -0.482 e. The number of esters is 1. The molecule has 2 N–H and O–H groups in total. The van der Waals surface area contributed by atoms with E-state index in [9.17, 15) is 34.4 Å². The average molecular weight is 521 g/mol. The number of nitrogens with zero attached hydrogens (tertiary/aromatic N) is 2. The SMILES string of the molecule is COC(=O)c1ccc(CN2C(=O)N/C(=C\c3cccc([N+](=O)[O-])c3OCc3cccc(C(=O)O)c3)C2=O)o1. The second-order valence-corrected chi connectivity index (χ2v) is 7.88. The van der Waals surface area contributed by atoms with Gasteiger partial charge in [0.1, 0.15) is 18.1 Å². The predicted molar refractivity (Wildman–Crippen MR) is 128 cm³/mol. The van der Waals surface area contributed by atoms with Crippen LogP contribution in [0, 0.1) is 10.1 Å². The van der Waals surface area contributed by atoms with E-state index in [1.165, 1.54) is 61.7 Å². The molecule has 1 saturated heterocycles. The lowest BCUT2D eigenvalue weighted by atomic mass is 10.1. The number of furan rings is 1. The number of nitro groups is 1. The summed E-state index contributed by atoms with van der Waals surface area (Å²) >= 11 is 0. The summed E-state index contributed by atoms with van der Waals surface area (Å²) in [6, 6.07) is 11.9. The van der Waals surface area contributed by atoms with E-state index >= 15 is 0 Å². The van der Waals surface area contributed by atoms with Gasteiger partial charge in [-0.25, -0.2) is 14.4 Å². The van der Waals surface area contributed by atoms with E-state index in [1.54, 1.807) is 6.07 Å². The summed E-state index contributed by atoms with van der Waals surface area (Å²) in [5.74, 6) is -2.73. The lowest BCUT2D eigenvalue weighted by Gasteiger charge is -2.11. The Morgan fingerprint density at radius 3 is 2.63 bits per heavy atom. The molecule has 194 valence electrons. The monoisotopic (exact) mass is 521 g/mol. The van der Waals surface area contributed by atoms with Crippen LogP contribution in [0.25, 0.3) is 6.08 Å². The number of carbonyl (C=O) groups is 4. The van der Waals surface area contributed by atoms with Crippen LogP contribution in [-0.2, 0) is 22.7 Å². The topological polar surface area (TPSA) is 179 Å². The number of carboxylic acid groups (broad SMARTS) is 1. The van der Waals surface area contributed by atoms with Gasteiger partial charge in [-0.15, -0.1) is 0 Å². The van der Waals surface area contributed by atoms with Crippen molar-refractivity contribution in [3.63, 3.8) is 0 Å². The number of imide groups is 1. The van der Waals surface area contributed by atoms with Gasteiger partial charge in [0.15, 0.2) is 0 Å². The summed E-state index contributed by atoms with van der Waals surface area (Å²) in [5.41, 5.74) is 0.0276. The number of nitrogens with one attached hydrogen (secondary N) is 1. The zero-order chi connectivity index (χ0) is 27.4. The van der Waals surface area contributed by atoms with Gasteiger partial charge in [0.25, 0.3) is 5.91 Å². The molecule has 0 spiro atoms. The second kappa shape index (κ2) is 10.7. The highest BCUT2D eigenvalue weighted by Gasteiger charge is 2.35. The number of para-hydroxylation sites is 1. The number of carboxylic acids is 1. The number of aromatic carboxylic acids is 1. The highest BCUT2D eigenvalue weighted by molar-refractivity contribution is 6.14. The van der Waals surface area contributed by atoms with Gasteiger partial charge in [0.05, 0.1) is 24.1 Å². The Kier molecular flexibility index (Phi) is 7.19. The molecule has 0 unspecified atom stereocenters. The fourth-order valence-corrected chi connectivity index (χ4v) is 3.61. The third kappa shape index (κ3) is 5.36. The lowest BCUT2D eigenvalue weighted by molar-refractivity contribution is -0.386. The molecule has 0 bridgehead atoms. The van der Waals surface area contributed by atoms with Crippen molar-refractivity contribution in [2.75, 3.05) is 7.11 Å². The first kappa shape index (κ1) is 25.6. The van der Waals surface area contributed by atoms with Crippen molar-refractivity contribution in [1.82, 2.24) is 10.2 Å². The summed E-state index contributed by atoms with van der Waals surface area (Å²) in [4.78, 5) is 60.0. The molecule has 0 aliphatic carbocycles. The van der Waals surface area contributed by atoms with E-state index in [4.69, 9.17) is 9.15 Å². The number of urea groups is 1. The number of hydrogen-bond donors (Lipinski definition) is 2. The maximum absolute atomic E-state index is 12.9. The normalized spacial score (nSPS) is 13.9. The van der Waals surface area contributed by atoms with Crippen molar-refractivity contribution in [1.29, 1.82) is 0 Å². The molecule has 4 rings (SSSR count). The van der Waals surface area contributed by atoms with Crippen molar-refractivity contribution < 1.29 is 43.1 Å². The Morgan fingerprint density at radius 2 is 1.92 bits per heavy atom. The van der Waals surface area contributed by atoms with Crippen LogP contribution >= 0.6 is 0 Å². The van der Waals surface area contributed by atoms with Crippen LogP contribution in [-0.4, -0.2) is 45.9 Å². The van der Waals surface area contributed by atoms with E-state index in [0.717, 1.165) is 4.90 Å². The largest absolute Gasteiger partial charge is 0.482 e. The van der Waals surface area contributed by atoms with Gasteiger partial charge >= 0.3 is 23.7 Å². The number of carbonyl (C=O) groups excluding carboxylic acids is 3. The van der Waals surface area contributed by atoms with Crippen molar-refractivity contribution in [2.24, 2.45) is 0 Å². The van der Waals surface area contributed by atoms with Gasteiger partial charge in [0.2, 0.25) is 11.5 Å². The maximum atomic E-state index is 12.9. The smallest absolute Gasteiger partial charge is 0.373 e. The first-order valence-electron chi connectivity index (χ1n) is 10.9. The summed E-state index contributed by atoms with van der Waals surface area (Å²) in [6.07, 6.45) is 1.23. The van der Waals surface area contributed by atoms with Gasteiger partial charge in [-0.05, 0) is 35.9 Å². The number of nitro benzene ring substituents is 1. The van der Waals surface area contributed by atoms with Crippen LogP contribution in [0.15, 0.2) is 64.7 Å². The minimum absolute atomic E-state index is 0.0191. The van der Waals surface area contributed by atoms with Crippen LogP contribution in [0.5, 0.6) is 5.75 Å². The molecular formula is C25H19N3O10. The molecule has 13 heteroatoms. The molecule has 1 fully saturated rings. The molecule has 1 aliphatic rings. The number of methoxy groups -OCH3 is 1. The lowest BCUT2D eigenvalue weighted by Crippen LogP contribution is -2.30. The van der Waals surface area contributed by atoms with E-state index in [2.05, 4.69) is 10.1 Å². The summed E-state index contributed by atoms with van der Waals surface area (Å²) in [7, 11) is 1.18. The van der Waals surface area contributed by atoms with Crippen molar-refractivity contribution in [2.45, 2.75) is 13.2 Å². The number of amides is 3.